The summed E-state index contributed by atoms with van der Waals surface area (Å²) in [6, 6.07) is 2.29. The van der Waals surface area contributed by atoms with Crippen LogP contribution in [0.4, 0.5) is 0 Å². The first kappa shape index (κ1) is 16.6. The first-order valence-corrected chi connectivity index (χ1v) is 7.52. The smallest absolute Gasteiger partial charge is 0.0435 e. The molecule has 19 heavy (non-hydrogen) atoms. The molecule has 0 aromatic carbocycles. The van der Waals surface area contributed by atoms with Crippen molar-refractivity contribution in [2.75, 3.05) is 14.1 Å². The topological polar surface area (TPSA) is 54.2 Å². The fourth-order valence-electron chi connectivity index (χ4n) is 2.89. The predicted octanol–water partition coefficient (Wildman–Crippen LogP) is 2.34. The van der Waals surface area contributed by atoms with Crippen LogP contribution in [0.15, 0.2) is 22.9 Å². The van der Waals surface area contributed by atoms with Gasteiger partial charge in [0.2, 0.25) is 0 Å². The lowest BCUT2D eigenvalue weighted by Gasteiger charge is -2.45. The molecule has 5 heteroatoms. The van der Waals surface area contributed by atoms with Crippen LogP contribution in [0.25, 0.3) is 0 Å². The van der Waals surface area contributed by atoms with Crippen molar-refractivity contribution in [3.63, 3.8) is 0 Å². The molecule has 0 aliphatic carbocycles. The standard InChI is InChI=1S/C14H25BrN4/c1-5-14(6-2,19(3)4)13(18-16)8-11-7-12(15)10-17-9-11/h7,9-10,13,18H,5-6,8,16H2,1-4H3. The molecule has 4 nitrogen and oxygen atoms in total. The largest absolute Gasteiger partial charge is 0.302 e. The van der Waals surface area contributed by atoms with Crippen molar-refractivity contribution in [2.24, 2.45) is 5.84 Å². The second-order valence-corrected chi connectivity index (χ2v) is 6.06. The van der Waals surface area contributed by atoms with Crippen LogP contribution >= 0.6 is 15.9 Å². The van der Waals surface area contributed by atoms with E-state index >= 15 is 0 Å². The van der Waals surface area contributed by atoms with Crippen molar-refractivity contribution < 1.29 is 0 Å². The normalized spacial score (nSPS) is 13.8. The van der Waals surface area contributed by atoms with Gasteiger partial charge in [0.25, 0.3) is 0 Å². The number of nitrogens with zero attached hydrogens (tertiary/aromatic N) is 2. The van der Waals surface area contributed by atoms with Gasteiger partial charge in [-0.05, 0) is 60.9 Å². The van der Waals surface area contributed by atoms with Crippen LogP contribution in [0.5, 0.6) is 0 Å². The summed E-state index contributed by atoms with van der Waals surface area (Å²) in [5, 5.41) is 0. The Labute approximate surface area is 124 Å². The molecule has 0 saturated carbocycles. The summed E-state index contributed by atoms with van der Waals surface area (Å²) in [6.45, 7) is 4.43. The SMILES string of the molecule is CCC(CC)(C(Cc1cncc(Br)c1)NN)N(C)C. The van der Waals surface area contributed by atoms with Crippen molar-refractivity contribution in [3.05, 3.63) is 28.5 Å². The molecule has 1 atom stereocenters. The average Bonchev–Trinajstić information content (AvgIpc) is 2.39. The Morgan fingerprint density at radius 3 is 2.42 bits per heavy atom. The van der Waals surface area contributed by atoms with Gasteiger partial charge >= 0.3 is 0 Å². The summed E-state index contributed by atoms with van der Waals surface area (Å²) in [6.07, 6.45) is 6.66. The van der Waals surface area contributed by atoms with E-state index in [0.717, 1.165) is 23.7 Å². The molecule has 0 aliphatic rings. The Bertz CT molecular complexity index is 391. The summed E-state index contributed by atoms with van der Waals surface area (Å²) in [5.41, 5.74) is 4.25. The molecular weight excluding hydrogens is 304 g/mol. The van der Waals surface area contributed by atoms with Gasteiger partial charge in [0, 0.05) is 28.4 Å². The number of nitrogens with two attached hydrogens (primary N) is 1. The van der Waals surface area contributed by atoms with Gasteiger partial charge in [-0.2, -0.15) is 0 Å². The first-order valence-electron chi connectivity index (χ1n) is 6.73. The number of halogens is 1. The maximum Gasteiger partial charge on any atom is 0.0435 e. The van der Waals surface area contributed by atoms with E-state index < -0.39 is 0 Å². The molecule has 0 amide bonds. The fraction of sp³-hybridized carbons (Fsp3) is 0.643. The molecular formula is C14H25BrN4. The van der Waals surface area contributed by atoms with E-state index in [1.165, 1.54) is 5.56 Å². The lowest BCUT2D eigenvalue weighted by molar-refractivity contribution is 0.0882. The number of aromatic nitrogens is 1. The monoisotopic (exact) mass is 328 g/mol. The molecule has 0 bridgehead atoms. The molecule has 0 fully saturated rings. The summed E-state index contributed by atoms with van der Waals surface area (Å²) in [4.78, 5) is 6.50. The Morgan fingerprint density at radius 2 is 2.00 bits per heavy atom. The highest BCUT2D eigenvalue weighted by molar-refractivity contribution is 9.10. The molecule has 3 N–H and O–H groups in total. The van der Waals surface area contributed by atoms with E-state index in [2.05, 4.69) is 65.2 Å². The molecule has 108 valence electrons. The van der Waals surface area contributed by atoms with Crippen LogP contribution in [0, 0.1) is 0 Å². The van der Waals surface area contributed by atoms with Crippen LogP contribution in [-0.2, 0) is 6.42 Å². The van der Waals surface area contributed by atoms with Gasteiger partial charge in [-0.25, -0.2) is 0 Å². The van der Waals surface area contributed by atoms with E-state index in [0.29, 0.717) is 0 Å². The molecule has 0 saturated heterocycles. The molecule has 1 rings (SSSR count). The number of hydrogen-bond donors (Lipinski definition) is 2. The van der Waals surface area contributed by atoms with Crippen LogP contribution in [0.2, 0.25) is 0 Å². The van der Waals surface area contributed by atoms with Crippen LogP contribution in [0.1, 0.15) is 32.3 Å². The second kappa shape index (κ2) is 7.33. The lowest BCUT2D eigenvalue weighted by atomic mass is 9.80. The summed E-state index contributed by atoms with van der Waals surface area (Å²) < 4.78 is 1.00. The minimum absolute atomic E-state index is 0.0526. The molecule has 0 radical (unpaired) electrons. The fourth-order valence-corrected chi connectivity index (χ4v) is 3.31. The molecule has 1 unspecified atom stereocenters. The Morgan fingerprint density at radius 1 is 1.37 bits per heavy atom. The van der Waals surface area contributed by atoms with Gasteiger partial charge in [-0.1, -0.05) is 13.8 Å². The number of hydrogen-bond acceptors (Lipinski definition) is 4. The zero-order chi connectivity index (χ0) is 14.5. The van der Waals surface area contributed by atoms with E-state index in [1.807, 2.05) is 6.20 Å². The zero-order valence-electron chi connectivity index (χ0n) is 12.3. The van der Waals surface area contributed by atoms with Crippen molar-refractivity contribution in [1.29, 1.82) is 0 Å². The van der Waals surface area contributed by atoms with E-state index in [1.54, 1.807) is 6.20 Å². The highest BCUT2D eigenvalue weighted by atomic mass is 79.9. The Hall–Kier alpha value is -0.490. The summed E-state index contributed by atoms with van der Waals surface area (Å²) >= 11 is 3.46. The second-order valence-electron chi connectivity index (χ2n) is 5.14. The summed E-state index contributed by atoms with van der Waals surface area (Å²) in [5.74, 6) is 5.82. The molecule has 1 heterocycles. The lowest BCUT2D eigenvalue weighted by Crippen LogP contribution is -2.61. The minimum atomic E-state index is 0.0526. The maximum atomic E-state index is 5.82. The number of rotatable bonds is 7. The Kier molecular flexibility index (Phi) is 6.39. The number of likely N-dealkylation sites (N-methyl/N-ethyl adjacent to an activating group) is 1. The average molecular weight is 329 g/mol. The van der Waals surface area contributed by atoms with E-state index in [4.69, 9.17) is 5.84 Å². The quantitative estimate of drug-likeness (QED) is 0.596. The zero-order valence-corrected chi connectivity index (χ0v) is 13.9. The highest BCUT2D eigenvalue weighted by Crippen LogP contribution is 2.28. The molecule has 0 aliphatic heterocycles. The number of nitrogens with one attached hydrogen (secondary N) is 1. The Balaban J connectivity index is 2.98. The predicted molar refractivity (Wildman–Crippen MR) is 83.8 cm³/mol. The summed E-state index contributed by atoms with van der Waals surface area (Å²) in [7, 11) is 4.24. The van der Waals surface area contributed by atoms with Crippen molar-refractivity contribution in [2.45, 2.75) is 44.7 Å². The third-order valence-electron chi connectivity index (χ3n) is 4.17. The van der Waals surface area contributed by atoms with Gasteiger partial charge in [0.15, 0.2) is 0 Å². The third-order valence-corrected chi connectivity index (χ3v) is 4.60. The van der Waals surface area contributed by atoms with Crippen LogP contribution in [-0.4, -0.2) is 35.6 Å². The minimum Gasteiger partial charge on any atom is -0.302 e. The van der Waals surface area contributed by atoms with Gasteiger partial charge < -0.3 is 4.90 Å². The van der Waals surface area contributed by atoms with Crippen molar-refractivity contribution >= 4 is 15.9 Å². The van der Waals surface area contributed by atoms with Gasteiger partial charge in [0.1, 0.15) is 0 Å². The van der Waals surface area contributed by atoms with Gasteiger partial charge in [-0.15, -0.1) is 0 Å². The third kappa shape index (κ3) is 3.75. The maximum absolute atomic E-state index is 5.82. The number of hydrazine groups is 1. The highest BCUT2D eigenvalue weighted by Gasteiger charge is 2.37. The molecule has 1 aromatic rings. The van der Waals surface area contributed by atoms with Gasteiger partial charge in [0.05, 0.1) is 0 Å². The molecule has 0 spiro atoms. The van der Waals surface area contributed by atoms with Crippen LogP contribution in [0.3, 0.4) is 0 Å². The van der Waals surface area contributed by atoms with Crippen molar-refractivity contribution in [3.8, 4) is 0 Å². The van der Waals surface area contributed by atoms with E-state index in [-0.39, 0.29) is 11.6 Å². The number of pyridine rings is 1. The first-order chi connectivity index (χ1) is 9.00. The van der Waals surface area contributed by atoms with Crippen molar-refractivity contribution in [1.82, 2.24) is 15.3 Å². The van der Waals surface area contributed by atoms with E-state index in [9.17, 15) is 0 Å². The van der Waals surface area contributed by atoms with Crippen LogP contribution < -0.4 is 11.3 Å². The van der Waals surface area contributed by atoms with Gasteiger partial charge in [-0.3, -0.25) is 16.3 Å². The molecule has 1 aromatic heterocycles.